The maximum absolute atomic E-state index is 13.1. The number of rotatable bonds is 5. The highest BCUT2D eigenvalue weighted by Crippen LogP contribution is 2.23. The Bertz CT molecular complexity index is 783. The van der Waals surface area contributed by atoms with Gasteiger partial charge in [0.2, 0.25) is 0 Å². The molecule has 4 heteroatoms. The lowest BCUT2D eigenvalue weighted by Gasteiger charge is -2.29. The van der Waals surface area contributed by atoms with Gasteiger partial charge in [-0.05, 0) is 60.5 Å². The van der Waals surface area contributed by atoms with Gasteiger partial charge < -0.3 is 0 Å². The van der Waals surface area contributed by atoms with Crippen LogP contribution in [0.5, 0.6) is 0 Å². The first-order valence-corrected chi connectivity index (χ1v) is 10.8. The summed E-state index contributed by atoms with van der Waals surface area (Å²) in [5.74, 6) is 0.161. The number of unbranched alkanes of at least 4 members (excludes halogenated alkanes) is 1. The van der Waals surface area contributed by atoms with Crippen molar-refractivity contribution in [2.75, 3.05) is 19.6 Å². The maximum Gasteiger partial charge on any atom is 0.187 e. The first-order chi connectivity index (χ1) is 13.0. The van der Waals surface area contributed by atoms with Gasteiger partial charge in [-0.3, -0.25) is 9.69 Å². The first-order valence-electron chi connectivity index (χ1n) is 9.24. The Morgan fingerprint density at radius 2 is 1.30 bits per heavy atom. The van der Waals surface area contributed by atoms with Gasteiger partial charge in [0.1, 0.15) is 0 Å². The molecule has 0 bridgehead atoms. The van der Waals surface area contributed by atoms with Crippen LogP contribution in [-0.2, 0) is 4.79 Å². The topological polar surface area (TPSA) is 20.3 Å². The first kappa shape index (κ1) is 20.2. The van der Waals surface area contributed by atoms with E-state index in [1.54, 1.807) is 0 Å². The van der Waals surface area contributed by atoms with Gasteiger partial charge in [-0.1, -0.05) is 69.5 Å². The molecule has 0 radical (unpaired) electrons. The summed E-state index contributed by atoms with van der Waals surface area (Å²) in [6.45, 7) is 4.64. The quantitative estimate of drug-likeness (QED) is 0.456. The van der Waals surface area contributed by atoms with Crippen molar-refractivity contribution in [3.05, 3.63) is 79.7 Å². The molecule has 0 saturated carbocycles. The largest absolute Gasteiger partial charge is 0.295 e. The Kier molecular flexibility index (Phi) is 7.22. The summed E-state index contributed by atoms with van der Waals surface area (Å²) in [7, 11) is 0. The molecule has 0 atom stereocenters. The van der Waals surface area contributed by atoms with E-state index in [0.717, 1.165) is 50.6 Å². The van der Waals surface area contributed by atoms with Crippen LogP contribution in [0.1, 0.15) is 30.9 Å². The van der Waals surface area contributed by atoms with E-state index in [9.17, 15) is 4.79 Å². The van der Waals surface area contributed by atoms with Gasteiger partial charge in [-0.25, -0.2) is 0 Å². The molecule has 1 saturated heterocycles. The second-order valence-corrected chi connectivity index (χ2v) is 8.67. The number of hydrogen-bond acceptors (Lipinski definition) is 2. The molecule has 1 aliphatic rings. The van der Waals surface area contributed by atoms with E-state index < -0.39 is 0 Å². The van der Waals surface area contributed by atoms with Crippen LogP contribution in [0.4, 0.5) is 0 Å². The van der Waals surface area contributed by atoms with Crippen LogP contribution in [0.25, 0.3) is 12.2 Å². The fraction of sp³-hybridized carbons (Fsp3) is 0.261. The number of halogens is 2. The molecule has 0 aromatic heterocycles. The molecule has 3 rings (SSSR count). The fourth-order valence-electron chi connectivity index (χ4n) is 3.17. The van der Waals surface area contributed by atoms with Crippen LogP contribution in [0.2, 0.25) is 0 Å². The number of piperidine rings is 1. The molecule has 0 unspecified atom stereocenters. The van der Waals surface area contributed by atoms with Crippen LogP contribution in [0.3, 0.4) is 0 Å². The number of benzene rings is 2. The van der Waals surface area contributed by atoms with E-state index in [1.807, 2.05) is 60.7 Å². The summed E-state index contributed by atoms with van der Waals surface area (Å²) < 4.78 is 2.08. The van der Waals surface area contributed by atoms with Crippen molar-refractivity contribution in [3.8, 4) is 0 Å². The predicted molar refractivity (Wildman–Crippen MR) is 121 cm³/mol. The Morgan fingerprint density at radius 3 is 1.70 bits per heavy atom. The smallest absolute Gasteiger partial charge is 0.187 e. The van der Waals surface area contributed by atoms with Crippen molar-refractivity contribution in [2.24, 2.45) is 0 Å². The molecule has 1 heterocycles. The van der Waals surface area contributed by atoms with Gasteiger partial charge in [0.25, 0.3) is 0 Å². The monoisotopic (exact) mass is 487 g/mol. The van der Waals surface area contributed by atoms with Crippen molar-refractivity contribution >= 4 is 49.8 Å². The highest BCUT2D eigenvalue weighted by molar-refractivity contribution is 9.10. The molecule has 140 valence electrons. The van der Waals surface area contributed by atoms with Crippen LogP contribution >= 0.6 is 31.9 Å². The average Bonchev–Trinajstić information content (AvgIpc) is 2.67. The van der Waals surface area contributed by atoms with E-state index >= 15 is 0 Å². The molecule has 2 nitrogen and oxygen atoms in total. The van der Waals surface area contributed by atoms with Crippen LogP contribution in [-0.4, -0.2) is 30.3 Å². The number of hydrogen-bond donors (Lipinski definition) is 0. The lowest BCUT2D eigenvalue weighted by Crippen LogP contribution is -2.38. The van der Waals surface area contributed by atoms with Gasteiger partial charge in [0.05, 0.1) is 0 Å². The van der Waals surface area contributed by atoms with Crippen molar-refractivity contribution < 1.29 is 4.79 Å². The normalized spacial score (nSPS) is 18.4. The van der Waals surface area contributed by atoms with Crippen molar-refractivity contribution in [1.29, 1.82) is 0 Å². The molecule has 1 aliphatic heterocycles. The van der Waals surface area contributed by atoms with E-state index in [-0.39, 0.29) is 5.78 Å². The molecule has 0 spiro atoms. The minimum Gasteiger partial charge on any atom is -0.295 e. The van der Waals surface area contributed by atoms with E-state index in [2.05, 4.69) is 43.7 Å². The van der Waals surface area contributed by atoms with Crippen LogP contribution in [0, 0.1) is 0 Å². The van der Waals surface area contributed by atoms with Gasteiger partial charge >= 0.3 is 0 Å². The summed E-state index contributed by atoms with van der Waals surface area (Å²) in [5.41, 5.74) is 3.84. The van der Waals surface area contributed by atoms with Gasteiger partial charge in [0, 0.05) is 33.2 Å². The van der Waals surface area contributed by atoms with Crippen LogP contribution in [0.15, 0.2) is 68.6 Å². The number of carbonyl (C=O) groups is 1. The van der Waals surface area contributed by atoms with E-state index in [4.69, 9.17) is 0 Å². The molecule has 27 heavy (non-hydrogen) atoms. The van der Waals surface area contributed by atoms with Crippen LogP contribution < -0.4 is 0 Å². The second kappa shape index (κ2) is 9.63. The average molecular weight is 489 g/mol. The lowest BCUT2D eigenvalue weighted by atomic mass is 9.94. The molecule has 2 aromatic carbocycles. The number of likely N-dealkylation sites (tertiary alicyclic amines) is 1. The Balaban J connectivity index is 1.91. The Morgan fingerprint density at radius 1 is 0.852 bits per heavy atom. The molecule has 0 N–H and O–H groups in total. The number of carbonyl (C=O) groups excluding carboxylic acids is 1. The molecule has 0 aliphatic carbocycles. The summed E-state index contributed by atoms with van der Waals surface area (Å²) in [6, 6.07) is 16.2. The van der Waals surface area contributed by atoms with E-state index in [0.29, 0.717) is 13.1 Å². The third-order valence-corrected chi connectivity index (χ3v) is 5.68. The Hall–Kier alpha value is -1.49. The zero-order valence-electron chi connectivity index (χ0n) is 15.4. The maximum atomic E-state index is 13.1. The number of Topliss-reactive ketones (excluding diaryl/α,β-unsaturated/α-hetero) is 1. The SMILES string of the molecule is CCCCN1C/C(=C/c2ccc(Br)cc2)C(=O)/C(=C/c2ccc(Br)cc2)C1. The molecular formula is C23H23Br2NO. The summed E-state index contributed by atoms with van der Waals surface area (Å²) >= 11 is 6.93. The summed E-state index contributed by atoms with van der Waals surface area (Å²) in [6.07, 6.45) is 6.36. The van der Waals surface area contributed by atoms with Gasteiger partial charge in [-0.2, -0.15) is 0 Å². The highest BCUT2D eigenvalue weighted by atomic mass is 79.9. The summed E-state index contributed by atoms with van der Waals surface area (Å²) in [4.78, 5) is 15.5. The Labute approximate surface area is 178 Å². The summed E-state index contributed by atoms with van der Waals surface area (Å²) in [5, 5.41) is 0. The molecule has 0 amide bonds. The van der Waals surface area contributed by atoms with Gasteiger partial charge in [0.15, 0.2) is 5.78 Å². The minimum absolute atomic E-state index is 0.161. The fourth-order valence-corrected chi connectivity index (χ4v) is 3.70. The minimum atomic E-state index is 0.161. The zero-order valence-corrected chi connectivity index (χ0v) is 18.6. The van der Waals surface area contributed by atoms with E-state index in [1.165, 1.54) is 0 Å². The van der Waals surface area contributed by atoms with Crippen molar-refractivity contribution in [1.82, 2.24) is 4.90 Å². The second-order valence-electron chi connectivity index (χ2n) is 6.84. The molecular weight excluding hydrogens is 466 g/mol. The predicted octanol–water partition coefficient (Wildman–Crippen LogP) is 6.36. The standard InChI is InChI=1S/C23H23Br2NO/c1-2-3-12-26-15-19(13-17-4-8-21(24)9-5-17)23(27)20(16-26)14-18-6-10-22(25)11-7-18/h4-11,13-14H,2-3,12,15-16H2,1H3/b19-13-,20-14+. The molecule has 2 aromatic rings. The van der Waals surface area contributed by atoms with Crippen molar-refractivity contribution in [3.63, 3.8) is 0 Å². The third kappa shape index (κ3) is 5.74. The molecule has 1 fully saturated rings. The number of nitrogens with zero attached hydrogens (tertiary/aromatic N) is 1. The van der Waals surface area contributed by atoms with Gasteiger partial charge in [-0.15, -0.1) is 0 Å². The number of ketones is 1. The van der Waals surface area contributed by atoms with Crippen molar-refractivity contribution in [2.45, 2.75) is 19.8 Å². The highest BCUT2D eigenvalue weighted by Gasteiger charge is 2.25. The zero-order chi connectivity index (χ0) is 19.2. The lowest BCUT2D eigenvalue weighted by molar-refractivity contribution is -0.113. The third-order valence-electron chi connectivity index (χ3n) is 4.62.